The lowest BCUT2D eigenvalue weighted by atomic mass is 9.99. The minimum Gasteiger partial charge on any atom is -0.508 e. The van der Waals surface area contributed by atoms with E-state index in [2.05, 4.69) is 0 Å². The standard InChI is InChI=1S/C13H19NO3/c1-16-11-6-9(15)7-12(17-2)13(11)10(14)5-8-3-4-8/h6-8,10,15H,3-5,14H2,1-2H3/t10-/m0/s1. The van der Waals surface area contributed by atoms with Crippen molar-refractivity contribution in [1.82, 2.24) is 0 Å². The molecule has 0 bridgehead atoms. The van der Waals surface area contributed by atoms with Crippen LogP contribution in [-0.2, 0) is 0 Å². The highest BCUT2D eigenvalue weighted by Gasteiger charge is 2.27. The highest BCUT2D eigenvalue weighted by atomic mass is 16.5. The number of aromatic hydroxyl groups is 1. The fourth-order valence-electron chi connectivity index (χ4n) is 2.12. The number of methoxy groups -OCH3 is 2. The van der Waals surface area contributed by atoms with Crippen molar-refractivity contribution in [2.45, 2.75) is 25.3 Å². The molecule has 2 rings (SSSR count). The van der Waals surface area contributed by atoms with Gasteiger partial charge in [-0.05, 0) is 12.3 Å². The first-order valence-electron chi connectivity index (χ1n) is 5.86. The number of ether oxygens (including phenoxy) is 2. The fourth-order valence-corrected chi connectivity index (χ4v) is 2.12. The summed E-state index contributed by atoms with van der Waals surface area (Å²) in [6.07, 6.45) is 3.46. The molecule has 17 heavy (non-hydrogen) atoms. The topological polar surface area (TPSA) is 64.7 Å². The maximum absolute atomic E-state index is 9.56. The fraction of sp³-hybridized carbons (Fsp3) is 0.538. The summed E-state index contributed by atoms with van der Waals surface area (Å²) in [5.41, 5.74) is 7.04. The first kappa shape index (κ1) is 12.0. The Morgan fingerprint density at radius 2 is 1.82 bits per heavy atom. The molecular weight excluding hydrogens is 218 g/mol. The molecule has 0 unspecified atom stereocenters. The highest BCUT2D eigenvalue weighted by Crippen LogP contribution is 2.43. The van der Waals surface area contributed by atoms with Gasteiger partial charge in [0, 0.05) is 18.2 Å². The van der Waals surface area contributed by atoms with Crippen molar-refractivity contribution in [1.29, 1.82) is 0 Å². The van der Waals surface area contributed by atoms with Gasteiger partial charge in [-0.1, -0.05) is 12.8 Å². The monoisotopic (exact) mass is 237 g/mol. The molecule has 1 aliphatic rings. The van der Waals surface area contributed by atoms with Crippen LogP contribution in [0.3, 0.4) is 0 Å². The second-order valence-corrected chi connectivity index (χ2v) is 4.55. The Morgan fingerprint density at radius 1 is 1.29 bits per heavy atom. The van der Waals surface area contributed by atoms with E-state index in [1.807, 2.05) is 0 Å². The second-order valence-electron chi connectivity index (χ2n) is 4.55. The Labute approximate surface area is 101 Å². The second kappa shape index (κ2) is 4.84. The van der Waals surface area contributed by atoms with Gasteiger partial charge in [0.2, 0.25) is 0 Å². The molecule has 0 saturated heterocycles. The van der Waals surface area contributed by atoms with Crippen LogP contribution in [0.5, 0.6) is 17.2 Å². The molecule has 1 fully saturated rings. The van der Waals surface area contributed by atoms with E-state index in [0.29, 0.717) is 11.5 Å². The van der Waals surface area contributed by atoms with Crippen LogP contribution in [0.15, 0.2) is 12.1 Å². The zero-order valence-electron chi connectivity index (χ0n) is 10.3. The van der Waals surface area contributed by atoms with Gasteiger partial charge in [0.1, 0.15) is 17.2 Å². The lowest BCUT2D eigenvalue weighted by Gasteiger charge is -2.19. The molecule has 1 saturated carbocycles. The summed E-state index contributed by atoms with van der Waals surface area (Å²) in [5.74, 6) is 2.04. The average Bonchev–Trinajstić information content (AvgIpc) is 3.11. The molecule has 3 N–H and O–H groups in total. The van der Waals surface area contributed by atoms with E-state index in [1.165, 1.54) is 12.8 Å². The van der Waals surface area contributed by atoms with Crippen LogP contribution in [-0.4, -0.2) is 19.3 Å². The minimum atomic E-state index is -0.104. The van der Waals surface area contributed by atoms with Gasteiger partial charge in [-0.25, -0.2) is 0 Å². The number of benzene rings is 1. The maximum Gasteiger partial charge on any atom is 0.131 e. The van der Waals surface area contributed by atoms with Crippen LogP contribution >= 0.6 is 0 Å². The molecule has 0 spiro atoms. The number of nitrogens with two attached hydrogens (primary N) is 1. The van der Waals surface area contributed by atoms with Crippen molar-refractivity contribution in [2.24, 2.45) is 11.7 Å². The zero-order chi connectivity index (χ0) is 12.4. The third kappa shape index (κ3) is 2.64. The van der Waals surface area contributed by atoms with Crippen molar-refractivity contribution in [2.75, 3.05) is 14.2 Å². The van der Waals surface area contributed by atoms with E-state index in [0.717, 1.165) is 17.9 Å². The van der Waals surface area contributed by atoms with E-state index < -0.39 is 0 Å². The maximum atomic E-state index is 9.56. The van der Waals surface area contributed by atoms with Crippen LogP contribution in [0.2, 0.25) is 0 Å². The zero-order valence-corrected chi connectivity index (χ0v) is 10.3. The third-order valence-corrected chi connectivity index (χ3v) is 3.18. The SMILES string of the molecule is COc1cc(O)cc(OC)c1[C@@H](N)CC1CC1. The van der Waals surface area contributed by atoms with Crippen molar-refractivity contribution in [3.63, 3.8) is 0 Å². The van der Waals surface area contributed by atoms with Gasteiger partial charge in [0.15, 0.2) is 0 Å². The van der Waals surface area contributed by atoms with Gasteiger partial charge in [0.25, 0.3) is 0 Å². The third-order valence-electron chi connectivity index (χ3n) is 3.18. The summed E-state index contributed by atoms with van der Waals surface area (Å²) < 4.78 is 10.5. The first-order chi connectivity index (χ1) is 8.15. The molecule has 0 radical (unpaired) electrons. The Kier molecular flexibility index (Phi) is 3.43. The summed E-state index contributed by atoms with van der Waals surface area (Å²) in [4.78, 5) is 0. The van der Waals surface area contributed by atoms with E-state index in [1.54, 1.807) is 26.4 Å². The number of hydrogen-bond donors (Lipinski definition) is 2. The smallest absolute Gasteiger partial charge is 0.131 e. The Morgan fingerprint density at radius 3 is 2.24 bits per heavy atom. The number of phenols is 1. The van der Waals surface area contributed by atoms with Gasteiger partial charge in [-0.2, -0.15) is 0 Å². The van der Waals surface area contributed by atoms with Crippen molar-refractivity contribution < 1.29 is 14.6 Å². The number of hydrogen-bond acceptors (Lipinski definition) is 4. The minimum absolute atomic E-state index is 0.104. The van der Waals surface area contributed by atoms with Gasteiger partial charge in [0.05, 0.1) is 19.8 Å². The predicted octanol–water partition coefficient (Wildman–Crippen LogP) is 2.21. The molecule has 0 aromatic heterocycles. The highest BCUT2D eigenvalue weighted by molar-refractivity contribution is 5.51. The number of phenolic OH excluding ortho intramolecular Hbond substituents is 1. The summed E-state index contributed by atoms with van der Waals surface area (Å²) in [6.45, 7) is 0. The molecule has 1 aromatic rings. The van der Waals surface area contributed by atoms with Gasteiger partial charge < -0.3 is 20.3 Å². The van der Waals surface area contributed by atoms with E-state index in [9.17, 15) is 5.11 Å². The molecule has 1 aliphatic carbocycles. The van der Waals surface area contributed by atoms with Gasteiger partial charge in [-0.3, -0.25) is 0 Å². The van der Waals surface area contributed by atoms with Crippen LogP contribution < -0.4 is 15.2 Å². The summed E-state index contributed by atoms with van der Waals surface area (Å²) >= 11 is 0. The molecule has 4 nitrogen and oxygen atoms in total. The van der Waals surface area contributed by atoms with Crippen LogP contribution in [0.4, 0.5) is 0 Å². The van der Waals surface area contributed by atoms with Gasteiger partial charge in [-0.15, -0.1) is 0 Å². The van der Waals surface area contributed by atoms with Crippen LogP contribution in [0.25, 0.3) is 0 Å². The Hall–Kier alpha value is -1.42. The lowest BCUT2D eigenvalue weighted by molar-refractivity contribution is 0.367. The molecule has 0 amide bonds. The lowest BCUT2D eigenvalue weighted by Crippen LogP contribution is -2.13. The van der Waals surface area contributed by atoms with E-state index in [4.69, 9.17) is 15.2 Å². The summed E-state index contributed by atoms with van der Waals surface area (Å²) in [7, 11) is 3.14. The molecule has 4 heteroatoms. The largest absolute Gasteiger partial charge is 0.508 e. The molecule has 1 aromatic carbocycles. The molecule has 0 aliphatic heterocycles. The quantitative estimate of drug-likeness (QED) is 0.824. The van der Waals surface area contributed by atoms with Gasteiger partial charge >= 0.3 is 0 Å². The van der Waals surface area contributed by atoms with Crippen LogP contribution in [0, 0.1) is 5.92 Å². The molecule has 1 atom stereocenters. The Bertz CT molecular complexity index is 377. The van der Waals surface area contributed by atoms with Crippen molar-refractivity contribution in [3.8, 4) is 17.2 Å². The molecular formula is C13H19NO3. The van der Waals surface area contributed by atoms with Crippen molar-refractivity contribution in [3.05, 3.63) is 17.7 Å². The Balaban J connectivity index is 2.33. The summed E-state index contributed by atoms with van der Waals surface area (Å²) in [5, 5.41) is 9.56. The summed E-state index contributed by atoms with van der Waals surface area (Å²) in [6, 6.07) is 3.04. The average molecular weight is 237 g/mol. The molecule has 94 valence electrons. The number of rotatable bonds is 5. The first-order valence-corrected chi connectivity index (χ1v) is 5.86. The van der Waals surface area contributed by atoms with E-state index >= 15 is 0 Å². The van der Waals surface area contributed by atoms with E-state index in [-0.39, 0.29) is 11.8 Å². The van der Waals surface area contributed by atoms with Crippen LogP contribution in [0.1, 0.15) is 30.9 Å². The molecule has 0 heterocycles. The normalized spacial score (nSPS) is 16.6. The van der Waals surface area contributed by atoms with Crippen molar-refractivity contribution >= 4 is 0 Å². The predicted molar refractivity (Wildman–Crippen MR) is 65.5 cm³/mol.